The highest BCUT2D eigenvalue weighted by molar-refractivity contribution is 5.38. The minimum absolute atomic E-state index is 0.660. The summed E-state index contributed by atoms with van der Waals surface area (Å²) < 4.78 is 2.26. The van der Waals surface area contributed by atoms with Crippen LogP contribution in [0.25, 0.3) is 0 Å². The van der Waals surface area contributed by atoms with Crippen LogP contribution in [0, 0.1) is 6.92 Å². The van der Waals surface area contributed by atoms with Crippen LogP contribution >= 0.6 is 0 Å². The van der Waals surface area contributed by atoms with E-state index in [9.17, 15) is 0 Å². The first-order valence-corrected chi connectivity index (χ1v) is 6.56. The number of nitrogen functional groups attached to an aromatic ring is 1. The second-order valence-electron chi connectivity index (χ2n) is 4.93. The lowest BCUT2D eigenvalue weighted by molar-refractivity contribution is 0.561. The summed E-state index contributed by atoms with van der Waals surface area (Å²) in [4.78, 5) is 4.68. The molecule has 3 heteroatoms. The van der Waals surface area contributed by atoms with Crippen LogP contribution in [-0.4, -0.2) is 9.55 Å². The van der Waals surface area contributed by atoms with Crippen molar-refractivity contribution >= 4 is 5.82 Å². The first-order chi connectivity index (χ1) is 7.74. The summed E-state index contributed by atoms with van der Waals surface area (Å²) in [5.41, 5.74) is 7.12. The molecule has 1 aliphatic carbocycles. The van der Waals surface area contributed by atoms with Crippen molar-refractivity contribution in [3.8, 4) is 0 Å². The molecule has 0 atom stereocenters. The number of anilines is 1. The second-order valence-corrected chi connectivity index (χ2v) is 4.93. The number of nitrogens with two attached hydrogens (primary N) is 1. The number of nitrogens with zero attached hydrogens (tertiary/aromatic N) is 2. The maximum Gasteiger partial charge on any atom is 0.126 e. The van der Waals surface area contributed by atoms with Gasteiger partial charge in [0.25, 0.3) is 0 Å². The molecule has 0 saturated heterocycles. The maximum absolute atomic E-state index is 6.11. The van der Waals surface area contributed by atoms with Gasteiger partial charge in [0.05, 0.1) is 5.69 Å². The van der Waals surface area contributed by atoms with Crippen LogP contribution in [0.3, 0.4) is 0 Å². The predicted molar refractivity (Wildman–Crippen MR) is 67.5 cm³/mol. The molecular weight excluding hydrogens is 198 g/mol. The van der Waals surface area contributed by atoms with E-state index < -0.39 is 0 Å². The molecule has 0 radical (unpaired) electrons. The van der Waals surface area contributed by atoms with E-state index in [1.54, 1.807) is 0 Å². The number of aromatic nitrogens is 2. The van der Waals surface area contributed by atoms with Crippen molar-refractivity contribution in [2.24, 2.45) is 0 Å². The molecule has 90 valence electrons. The Morgan fingerprint density at radius 1 is 1.38 bits per heavy atom. The molecule has 16 heavy (non-hydrogen) atoms. The Balaban J connectivity index is 2.24. The maximum atomic E-state index is 6.11. The summed E-state index contributed by atoms with van der Waals surface area (Å²) in [6.45, 7) is 5.28. The van der Waals surface area contributed by atoms with Crippen LogP contribution < -0.4 is 5.73 Å². The largest absolute Gasteiger partial charge is 0.384 e. The van der Waals surface area contributed by atoms with E-state index in [4.69, 9.17) is 5.73 Å². The minimum atomic E-state index is 0.660. The first-order valence-electron chi connectivity index (χ1n) is 6.56. The highest BCUT2D eigenvalue weighted by atomic mass is 15.1. The van der Waals surface area contributed by atoms with Gasteiger partial charge in [0, 0.05) is 12.5 Å². The summed E-state index contributed by atoms with van der Waals surface area (Å²) in [7, 11) is 0. The van der Waals surface area contributed by atoms with E-state index in [0.717, 1.165) is 18.1 Å². The summed E-state index contributed by atoms with van der Waals surface area (Å²) in [6, 6.07) is 0. The molecule has 0 bridgehead atoms. The third-order valence-electron chi connectivity index (χ3n) is 3.68. The molecule has 1 fully saturated rings. The lowest BCUT2D eigenvalue weighted by Crippen LogP contribution is -2.10. The van der Waals surface area contributed by atoms with E-state index >= 15 is 0 Å². The van der Waals surface area contributed by atoms with Gasteiger partial charge in [-0.15, -0.1) is 0 Å². The van der Waals surface area contributed by atoms with Crippen molar-refractivity contribution in [3.63, 3.8) is 0 Å². The molecular formula is C13H23N3. The van der Waals surface area contributed by atoms with Crippen LogP contribution in [0.1, 0.15) is 62.9 Å². The van der Waals surface area contributed by atoms with Gasteiger partial charge in [0.2, 0.25) is 0 Å². The first kappa shape index (κ1) is 11.5. The van der Waals surface area contributed by atoms with Crippen molar-refractivity contribution in [3.05, 3.63) is 11.5 Å². The summed E-state index contributed by atoms with van der Waals surface area (Å²) >= 11 is 0. The van der Waals surface area contributed by atoms with Gasteiger partial charge in [-0.25, -0.2) is 4.98 Å². The topological polar surface area (TPSA) is 43.8 Å². The summed E-state index contributed by atoms with van der Waals surface area (Å²) in [6.07, 6.45) is 7.69. The number of hydrogen-bond donors (Lipinski definition) is 1. The SMILES string of the molecule is CCCCn1c(C2CCCC2)nc(C)c1N. The Morgan fingerprint density at radius 2 is 2.06 bits per heavy atom. The molecule has 2 rings (SSSR count). The van der Waals surface area contributed by atoms with E-state index in [-0.39, 0.29) is 0 Å². The Kier molecular flexibility index (Phi) is 3.52. The molecule has 3 nitrogen and oxygen atoms in total. The highest BCUT2D eigenvalue weighted by Crippen LogP contribution is 2.35. The molecule has 1 aromatic rings. The lowest BCUT2D eigenvalue weighted by atomic mass is 10.1. The zero-order valence-electron chi connectivity index (χ0n) is 10.5. The van der Waals surface area contributed by atoms with Gasteiger partial charge in [-0.05, 0) is 26.2 Å². The Labute approximate surface area is 98.1 Å². The number of imidazole rings is 1. The molecule has 0 amide bonds. The Hall–Kier alpha value is -0.990. The third kappa shape index (κ3) is 2.08. The van der Waals surface area contributed by atoms with E-state index in [1.165, 1.54) is 44.3 Å². The van der Waals surface area contributed by atoms with E-state index in [0.29, 0.717) is 5.92 Å². The molecule has 1 aromatic heterocycles. The predicted octanol–water partition coefficient (Wildman–Crippen LogP) is 3.23. The van der Waals surface area contributed by atoms with Crippen LogP contribution in [0.5, 0.6) is 0 Å². The Bertz CT molecular complexity index is 348. The zero-order chi connectivity index (χ0) is 11.5. The fourth-order valence-electron chi connectivity index (χ4n) is 2.66. The van der Waals surface area contributed by atoms with E-state index in [1.807, 2.05) is 6.92 Å². The highest BCUT2D eigenvalue weighted by Gasteiger charge is 2.23. The number of aryl methyl sites for hydroxylation is 1. The summed E-state index contributed by atoms with van der Waals surface area (Å²) in [5.74, 6) is 2.80. The number of rotatable bonds is 4. The molecule has 0 aliphatic heterocycles. The molecule has 0 unspecified atom stereocenters. The van der Waals surface area contributed by atoms with Gasteiger partial charge in [-0.3, -0.25) is 0 Å². The van der Waals surface area contributed by atoms with Gasteiger partial charge in [0.1, 0.15) is 11.6 Å². The van der Waals surface area contributed by atoms with Crippen LogP contribution in [0.2, 0.25) is 0 Å². The van der Waals surface area contributed by atoms with Gasteiger partial charge < -0.3 is 10.3 Å². The van der Waals surface area contributed by atoms with Gasteiger partial charge in [-0.1, -0.05) is 26.2 Å². The monoisotopic (exact) mass is 221 g/mol. The molecule has 0 spiro atoms. The van der Waals surface area contributed by atoms with Crippen LogP contribution in [-0.2, 0) is 6.54 Å². The quantitative estimate of drug-likeness (QED) is 0.848. The van der Waals surface area contributed by atoms with Crippen molar-refractivity contribution in [2.45, 2.75) is 64.8 Å². The molecule has 0 aromatic carbocycles. The van der Waals surface area contributed by atoms with Gasteiger partial charge in [0.15, 0.2) is 0 Å². The average molecular weight is 221 g/mol. The molecule has 1 saturated carbocycles. The van der Waals surface area contributed by atoms with Crippen molar-refractivity contribution < 1.29 is 0 Å². The molecule has 2 N–H and O–H groups in total. The second kappa shape index (κ2) is 4.89. The lowest BCUT2D eigenvalue weighted by Gasteiger charge is -2.13. The molecule has 1 aliphatic rings. The number of hydrogen-bond acceptors (Lipinski definition) is 2. The minimum Gasteiger partial charge on any atom is -0.384 e. The van der Waals surface area contributed by atoms with Crippen molar-refractivity contribution in [2.75, 3.05) is 5.73 Å². The van der Waals surface area contributed by atoms with Crippen molar-refractivity contribution in [1.29, 1.82) is 0 Å². The van der Waals surface area contributed by atoms with Gasteiger partial charge >= 0.3 is 0 Å². The summed E-state index contributed by atoms with van der Waals surface area (Å²) in [5, 5.41) is 0. The fraction of sp³-hybridized carbons (Fsp3) is 0.769. The Morgan fingerprint density at radius 3 is 2.69 bits per heavy atom. The smallest absolute Gasteiger partial charge is 0.126 e. The van der Waals surface area contributed by atoms with Crippen LogP contribution in [0.4, 0.5) is 5.82 Å². The molecule has 1 heterocycles. The average Bonchev–Trinajstić information content (AvgIpc) is 2.87. The number of unbranched alkanes of at least 4 members (excludes halogenated alkanes) is 1. The standard InChI is InChI=1S/C13H23N3/c1-3-4-9-16-12(14)10(2)15-13(16)11-7-5-6-8-11/h11H,3-9,14H2,1-2H3. The van der Waals surface area contributed by atoms with Crippen LogP contribution in [0.15, 0.2) is 0 Å². The van der Waals surface area contributed by atoms with E-state index in [2.05, 4.69) is 16.5 Å². The fourth-order valence-corrected chi connectivity index (χ4v) is 2.66. The third-order valence-corrected chi connectivity index (χ3v) is 3.68. The van der Waals surface area contributed by atoms with Gasteiger partial charge in [-0.2, -0.15) is 0 Å². The zero-order valence-corrected chi connectivity index (χ0v) is 10.5. The normalized spacial score (nSPS) is 17.1. The van der Waals surface area contributed by atoms with Crippen molar-refractivity contribution in [1.82, 2.24) is 9.55 Å².